The van der Waals surface area contributed by atoms with Crippen LogP contribution in [0.1, 0.15) is 45.4 Å². The van der Waals surface area contributed by atoms with Crippen molar-refractivity contribution in [1.82, 2.24) is 5.43 Å². The van der Waals surface area contributed by atoms with Crippen molar-refractivity contribution in [3.8, 4) is 6.07 Å². The lowest BCUT2D eigenvalue weighted by Crippen LogP contribution is -2.22. The van der Waals surface area contributed by atoms with E-state index in [4.69, 9.17) is 5.26 Å². The molecule has 0 aromatic carbocycles. The van der Waals surface area contributed by atoms with Crippen LogP contribution in [0.4, 0.5) is 0 Å². The second-order valence-electron chi connectivity index (χ2n) is 3.63. The van der Waals surface area contributed by atoms with Crippen molar-refractivity contribution in [3.05, 3.63) is 0 Å². The molecule has 3 nitrogen and oxygen atoms in total. The van der Waals surface area contributed by atoms with Crippen LogP contribution in [0, 0.1) is 11.3 Å². The Labute approximate surface area is 79.8 Å². The molecule has 0 amide bonds. The third-order valence-electron chi connectivity index (χ3n) is 2.27. The van der Waals surface area contributed by atoms with Crippen molar-refractivity contribution in [2.75, 3.05) is 0 Å². The molecule has 0 spiro atoms. The number of nitrogens with zero attached hydrogens (tertiary/aromatic N) is 2. The van der Waals surface area contributed by atoms with Crippen molar-refractivity contribution < 1.29 is 0 Å². The molecule has 1 N–H and O–H groups in total. The third kappa shape index (κ3) is 3.93. The van der Waals surface area contributed by atoms with Crippen LogP contribution in [0.5, 0.6) is 0 Å². The summed E-state index contributed by atoms with van der Waals surface area (Å²) in [6.45, 7) is 1.98. The Bertz CT molecular complexity index is 207. The van der Waals surface area contributed by atoms with E-state index in [0.717, 1.165) is 12.8 Å². The van der Waals surface area contributed by atoms with Crippen LogP contribution in [0.25, 0.3) is 0 Å². The molecule has 72 valence electrons. The maximum Gasteiger partial charge on any atom is 0.0643 e. The smallest absolute Gasteiger partial charge is 0.0643 e. The Kier molecular flexibility index (Phi) is 4.31. The van der Waals surface area contributed by atoms with Crippen LogP contribution in [0.15, 0.2) is 5.10 Å². The molecule has 0 heterocycles. The highest BCUT2D eigenvalue weighted by Crippen LogP contribution is 2.14. The Morgan fingerprint density at radius 2 is 2.15 bits per heavy atom. The first kappa shape index (κ1) is 10.0. The molecule has 1 fully saturated rings. The van der Waals surface area contributed by atoms with Crippen LogP contribution in [0.2, 0.25) is 0 Å². The van der Waals surface area contributed by atoms with Gasteiger partial charge in [0, 0.05) is 5.71 Å². The Hall–Kier alpha value is -1.04. The first-order chi connectivity index (χ1) is 6.33. The molecule has 13 heavy (non-hydrogen) atoms. The maximum absolute atomic E-state index is 8.44. The van der Waals surface area contributed by atoms with Crippen LogP contribution < -0.4 is 5.43 Å². The molecule has 3 heteroatoms. The van der Waals surface area contributed by atoms with Crippen LogP contribution in [0.3, 0.4) is 0 Å². The molecule has 1 aliphatic rings. The normalized spacial score (nSPS) is 18.9. The Morgan fingerprint density at radius 1 is 1.46 bits per heavy atom. The second-order valence-corrected chi connectivity index (χ2v) is 3.63. The van der Waals surface area contributed by atoms with Gasteiger partial charge in [-0.1, -0.05) is 6.42 Å². The van der Waals surface area contributed by atoms with Crippen LogP contribution in [-0.2, 0) is 0 Å². The SMILES string of the molecule is CC(CC#N)NN=C1CCCCC1. The summed E-state index contributed by atoms with van der Waals surface area (Å²) >= 11 is 0. The largest absolute Gasteiger partial charge is 0.306 e. The molecular formula is C10H17N3. The van der Waals surface area contributed by atoms with Gasteiger partial charge in [-0.25, -0.2) is 0 Å². The molecule has 1 atom stereocenters. The van der Waals surface area contributed by atoms with Gasteiger partial charge in [-0.3, -0.25) is 0 Å². The molecule has 0 saturated heterocycles. The lowest BCUT2D eigenvalue weighted by Gasteiger charge is -2.14. The molecule has 1 saturated carbocycles. The zero-order valence-corrected chi connectivity index (χ0v) is 8.21. The quantitative estimate of drug-likeness (QED) is 0.675. The average Bonchev–Trinajstić information content (AvgIpc) is 2.17. The fourth-order valence-corrected chi connectivity index (χ4v) is 1.46. The van der Waals surface area contributed by atoms with E-state index < -0.39 is 0 Å². The van der Waals surface area contributed by atoms with E-state index in [1.165, 1.54) is 25.0 Å². The van der Waals surface area contributed by atoms with Crippen molar-refractivity contribution in [2.45, 2.75) is 51.5 Å². The van der Waals surface area contributed by atoms with Gasteiger partial charge in [0.25, 0.3) is 0 Å². The van der Waals surface area contributed by atoms with Gasteiger partial charge in [0.05, 0.1) is 18.5 Å². The number of nitrogens with one attached hydrogen (secondary N) is 1. The van der Waals surface area contributed by atoms with Gasteiger partial charge in [-0.15, -0.1) is 0 Å². The van der Waals surface area contributed by atoms with Gasteiger partial charge in [0.2, 0.25) is 0 Å². The van der Waals surface area contributed by atoms with Gasteiger partial charge < -0.3 is 5.43 Å². The van der Waals surface area contributed by atoms with Crippen LogP contribution >= 0.6 is 0 Å². The van der Waals surface area contributed by atoms with E-state index in [1.54, 1.807) is 0 Å². The van der Waals surface area contributed by atoms with Crippen LogP contribution in [-0.4, -0.2) is 11.8 Å². The lowest BCUT2D eigenvalue weighted by molar-refractivity contribution is 0.571. The molecule has 0 aromatic rings. The summed E-state index contributed by atoms with van der Waals surface area (Å²) in [5.41, 5.74) is 4.29. The number of hydrazone groups is 1. The lowest BCUT2D eigenvalue weighted by atomic mass is 9.99. The highest BCUT2D eigenvalue weighted by atomic mass is 15.3. The van der Waals surface area contributed by atoms with Gasteiger partial charge in [0.1, 0.15) is 0 Å². The molecule has 0 radical (unpaired) electrons. The summed E-state index contributed by atoms with van der Waals surface area (Å²) in [4.78, 5) is 0. The van der Waals surface area contributed by atoms with Crippen molar-refractivity contribution in [2.24, 2.45) is 5.10 Å². The zero-order valence-electron chi connectivity index (χ0n) is 8.21. The monoisotopic (exact) mass is 179 g/mol. The summed E-state index contributed by atoms with van der Waals surface area (Å²) in [6, 6.07) is 2.30. The first-order valence-corrected chi connectivity index (χ1v) is 5.01. The number of hydrogen-bond donors (Lipinski definition) is 1. The topological polar surface area (TPSA) is 48.2 Å². The van der Waals surface area contributed by atoms with Gasteiger partial charge >= 0.3 is 0 Å². The number of nitriles is 1. The fourth-order valence-electron chi connectivity index (χ4n) is 1.46. The van der Waals surface area contributed by atoms with E-state index in [1.807, 2.05) is 6.92 Å². The summed E-state index contributed by atoms with van der Waals surface area (Å²) in [5, 5.41) is 12.8. The fraction of sp³-hybridized carbons (Fsp3) is 0.800. The van der Waals surface area contributed by atoms with E-state index in [2.05, 4.69) is 16.6 Å². The highest BCUT2D eigenvalue weighted by molar-refractivity contribution is 5.84. The van der Waals surface area contributed by atoms with Crippen molar-refractivity contribution in [3.63, 3.8) is 0 Å². The second kappa shape index (κ2) is 5.58. The predicted molar refractivity (Wildman–Crippen MR) is 53.3 cm³/mol. The highest BCUT2D eigenvalue weighted by Gasteiger charge is 2.06. The molecule has 1 rings (SSSR count). The van der Waals surface area contributed by atoms with Crippen molar-refractivity contribution >= 4 is 5.71 Å². The minimum Gasteiger partial charge on any atom is -0.306 e. The third-order valence-corrected chi connectivity index (χ3v) is 2.27. The standard InChI is InChI=1S/C10H17N3/c1-9(7-8-11)12-13-10-5-3-2-4-6-10/h9,12H,2-7H2,1H3. The molecular weight excluding hydrogens is 162 g/mol. The maximum atomic E-state index is 8.44. The molecule has 1 unspecified atom stereocenters. The summed E-state index contributed by atoms with van der Waals surface area (Å²) < 4.78 is 0. The molecule has 0 aromatic heterocycles. The van der Waals surface area contributed by atoms with E-state index in [0.29, 0.717) is 6.42 Å². The Morgan fingerprint density at radius 3 is 2.77 bits per heavy atom. The summed E-state index contributed by atoms with van der Waals surface area (Å²) in [6.07, 6.45) is 6.67. The summed E-state index contributed by atoms with van der Waals surface area (Å²) in [7, 11) is 0. The molecule has 1 aliphatic carbocycles. The van der Waals surface area contributed by atoms with E-state index >= 15 is 0 Å². The minimum absolute atomic E-state index is 0.180. The van der Waals surface area contributed by atoms with Gasteiger partial charge in [0.15, 0.2) is 0 Å². The zero-order chi connectivity index (χ0) is 9.52. The molecule has 0 aliphatic heterocycles. The predicted octanol–water partition coefficient (Wildman–Crippen LogP) is 2.20. The van der Waals surface area contributed by atoms with Gasteiger partial charge in [-0.2, -0.15) is 10.4 Å². The summed E-state index contributed by atoms with van der Waals surface area (Å²) in [5.74, 6) is 0. The van der Waals surface area contributed by atoms with Crippen molar-refractivity contribution in [1.29, 1.82) is 5.26 Å². The number of rotatable bonds is 3. The number of hydrogen-bond acceptors (Lipinski definition) is 3. The Balaban J connectivity index is 2.25. The average molecular weight is 179 g/mol. The molecule has 0 bridgehead atoms. The first-order valence-electron chi connectivity index (χ1n) is 5.01. The van der Waals surface area contributed by atoms with E-state index in [-0.39, 0.29) is 6.04 Å². The van der Waals surface area contributed by atoms with Gasteiger partial charge in [-0.05, 0) is 32.6 Å². The van der Waals surface area contributed by atoms with E-state index in [9.17, 15) is 0 Å². The minimum atomic E-state index is 0.180.